The fourth-order valence-corrected chi connectivity index (χ4v) is 0.0525. The molecule has 0 saturated carbocycles. The number of carbonyl (C=O) groups is 1. The Labute approximate surface area is 38.1 Å². The van der Waals surface area contributed by atoms with E-state index in [2.05, 4.69) is 9.93 Å². The maximum Gasteiger partial charge on any atom is 0.465 e. The van der Waals surface area contributed by atoms with E-state index in [1.54, 1.807) is 0 Å². The highest BCUT2D eigenvalue weighted by Crippen LogP contribution is 1.70. The molecular weight excluding hydrogens is 106 g/mol. The van der Waals surface area contributed by atoms with Gasteiger partial charge in [0.2, 0.25) is 0 Å². The van der Waals surface area contributed by atoms with Gasteiger partial charge in [0.25, 0.3) is 0 Å². The smallest absolute Gasteiger partial charge is 0.286 e. The van der Waals surface area contributed by atoms with Gasteiger partial charge in [-0.2, -0.15) is 0 Å². The van der Waals surface area contributed by atoms with Crippen LogP contribution in [0.5, 0.6) is 0 Å². The first-order valence-corrected chi connectivity index (χ1v) is 1.23. The molecule has 0 heterocycles. The van der Waals surface area contributed by atoms with Crippen molar-refractivity contribution in [2.24, 2.45) is 0 Å². The quantitative estimate of drug-likeness (QED) is 0.240. The topological polar surface area (TPSA) is 88.0 Å². The van der Waals surface area contributed by atoms with Gasteiger partial charge in [-0.1, -0.05) is 0 Å². The summed E-state index contributed by atoms with van der Waals surface area (Å²) in [5.41, 5.74) is 1.02. The Bertz CT molecular complexity index is 61.1. The van der Waals surface area contributed by atoms with Crippen LogP contribution in [0, 0.1) is 0 Å². The average Bonchev–Trinajstić information content (AvgIpc) is 1.68. The summed E-state index contributed by atoms with van der Waals surface area (Å²) >= 11 is 0. The number of amides is 1. The molecule has 0 aromatic heterocycles. The van der Waals surface area contributed by atoms with E-state index in [9.17, 15) is 4.79 Å². The number of carbonyl (C=O) groups excluding carboxylic acids is 1. The predicted molar refractivity (Wildman–Crippen MR) is 15.1 cm³/mol. The Morgan fingerprint density at radius 1 is 1.71 bits per heavy atom. The number of hydrogen-bond acceptors (Lipinski definition) is 5. The van der Waals surface area contributed by atoms with Crippen molar-refractivity contribution in [2.45, 2.75) is 0 Å². The Morgan fingerprint density at radius 3 is 2.43 bits per heavy atom. The van der Waals surface area contributed by atoms with Crippen LogP contribution in [-0.4, -0.2) is 16.6 Å². The van der Waals surface area contributed by atoms with Crippen molar-refractivity contribution in [3.63, 3.8) is 0 Å². The standard InChI is InChI=1S/CH3NO5/c3-1(2-4)6-7-5/h4-5H,(H,2,3). The number of nitrogens with one attached hydrogen (secondary N) is 1. The Kier molecular flexibility index (Phi) is 2.94. The Balaban J connectivity index is 3.00. The summed E-state index contributed by atoms with van der Waals surface area (Å²) < 4.78 is 0. The van der Waals surface area contributed by atoms with Gasteiger partial charge in [-0.05, 0) is 5.04 Å². The molecule has 0 saturated heterocycles. The van der Waals surface area contributed by atoms with Crippen molar-refractivity contribution in [3.8, 4) is 0 Å². The van der Waals surface area contributed by atoms with Crippen LogP contribution in [0.2, 0.25) is 0 Å². The molecule has 0 aromatic carbocycles. The van der Waals surface area contributed by atoms with E-state index in [-0.39, 0.29) is 0 Å². The summed E-state index contributed by atoms with van der Waals surface area (Å²) in [7, 11) is 0. The Morgan fingerprint density at radius 2 is 2.29 bits per heavy atom. The SMILES string of the molecule is O=C(NO)OOO. The van der Waals surface area contributed by atoms with Gasteiger partial charge < -0.3 is 0 Å². The molecule has 0 aliphatic carbocycles. The fourth-order valence-electron chi connectivity index (χ4n) is 0.0525. The van der Waals surface area contributed by atoms with Crippen LogP contribution in [0.15, 0.2) is 0 Å². The maximum atomic E-state index is 9.54. The van der Waals surface area contributed by atoms with Crippen LogP contribution in [0.25, 0.3) is 0 Å². The molecule has 0 aromatic rings. The minimum atomic E-state index is -1.29. The summed E-state index contributed by atoms with van der Waals surface area (Å²) in [6.45, 7) is 0. The van der Waals surface area contributed by atoms with Crippen molar-refractivity contribution in [2.75, 3.05) is 0 Å². The van der Waals surface area contributed by atoms with Gasteiger partial charge in [0.1, 0.15) is 0 Å². The molecule has 6 nitrogen and oxygen atoms in total. The van der Waals surface area contributed by atoms with Crippen LogP contribution in [-0.2, 0) is 9.93 Å². The first-order chi connectivity index (χ1) is 3.31. The molecule has 0 aliphatic rings. The average molecular weight is 109 g/mol. The molecule has 0 rings (SSSR count). The first-order valence-electron chi connectivity index (χ1n) is 1.23. The lowest BCUT2D eigenvalue weighted by molar-refractivity contribution is -0.457. The minimum absolute atomic E-state index is 1.02. The van der Waals surface area contributed by atoms with Crippen LogP contribution < -0.4 is 5.48 Å². The molecule has 7 heavy (non-hydrogen) atoms. The normalized spacial score (nSPS) is 7.71. The molecule has 42 valence electrons. The van der Waals surface area contributed by atoms with Crippen molar-refractivity contribution in [1.82, 2.24) is 5.48 Å². The molecule has 1 amide bonds. The highest BCUT2D eigenvalue weighted by Gasteiger charge is 1.95. The molecule has 0 aliphatic heterocycles. The third kappa shape index (κ3) is 2.97. The van der Waals surface area contributed by atoms with Crippen LogP contribution in [0.4, 0.5) is 4.79 Å². The van der Waals surface area contributed by atoms with Crippen LogP contribution in [0.3, 0.4) is 0 Å². The fraction of sp³-hybridized carbons (Fsp3) is 0. The van der Waals surface area contributed by atoms with Gasteiger partial charge in [0.05, 0.1) is 0 Å². The molecule has 0 bridgehead atoms. The minimum Gasteiger partial charge on any atom is -0.286 e. The summed E-state index contributed by atoms with van der Waals surface area (Å²) in [6, 6.07) is 0. The van der Waals surface area contributed by atoms with Crippen LogP contribution in [0.1, 0.15) is 0 Å². The predicted octanol–water partition coefficient (Wildman–Crippen LogP) is -0.494. The maximum absolute atomic E-state index is 9.54. The summed E-state index contributed by atoms with van der Waals surface area (Å²) in [6.07, 6.45) is -1.29. The zero-order valence-electron chi connectivity index (χ0n) is 3.12. The molecule has 0 radical (unpaired) electrons. The van der Waals surface area contributed by atoms with Gasteiger partial charge in [-0.3, -0.25) is 5.21 Å². The van der Waals surface area contributed by atoms with Gasteiger partial charge in [-0.15, -0.1) is 0 Å². The van der Waals surface area contributed by atoms with Crippen molar-refractivity contribution < 1.29 is 25.2 Å². The van der Waals surface area contributed by atoms with E-state index >= 15 is 0 Å². The van der Waals surface area contributed by atoms with Crippen molar-refractivity contribution >= 4 is 6.09 Å². The second kappa shape index (κ2) is 3.34. The van der Waals surface area contributed by atoms with Crippen molar-refractivity contribution in [1.29, 1.82) is 0 Å². The van der Waals surface area contributed by atoms with Gasteiger partial charge in [0.15, 0.2) is 0 Å². The van der Waals surface area contributed by atoms with E-state index in [1.165, 1.54) is 0 Å². The molecule has 3 N–H and O–H groups in total. The monoisotopic (exact) mass is 109 g/mol. The molecule has 0 unspecified atom stereocenters. The van der Waals surface area contributed by atoms with E-state index in [0.29, 0.717) is 0 Å². The zero-order valence-corrected chi connectivity index (χ0v) is 3.12. The molecular formula is CH3NO5. The molecule has 0 spiro atoms. The Hall–Kier alpha value is -0.850. The van der Waals surface area contributed by atoms with Crippen molar-refractivity contribution in [3.05, 3.63) is 0 Å². The van der Waals surface area contributed by atoms with E-state index < -0.39 is 6.09 Å². The summed E-state index contributed by atoms with van der Waals surface area (Å²) in [4.78, 5) is 12.8. The zero-order chi connectivity index (χ0) is 5.70. The highest BCUT2D eigenvalue weighted by atomic mass is 17.5. The lowest BCUT2D eigenvalue weighted by Gasteiger charge is -1.90. The highest BCUT2D eigenvalue weighted by molar-refractivity contribution is 5.64. The number of hydrogen-bond donors (Lipinski definition) is 3. The molecule has 0 atom stereocenters. The molecule has 6 heteroatoms. The van der Waals surface area contributed by atoms with Crippen LogP contribution >= 0.6 is 0 Å². The van der Waals surface area contributed by atoms with Gasteiger partial charge >= 0.3 is 6.09 Å². The number of hydroxylamine groups is 1. The van der Waals surface area contributed by atoms with E-state index in [4.69, 9.17) is 10.5 Å². The lowest BCUT2D eigenvalue weighted by Crippen LogP contribution is -2.19. The van der Waals surface area contributed by atoms with E-state index in [0.717, 1.165) is 5.48 Å². The first kappa shape index (κ1) is 6.15. The second-order valence-electron chi connectivity index (χ2n) is 0.557. The summed E-state index contributed by atoms with van der Waals surface area (Å²) in [5.74, 6) is 0. The third-order valence-corrected chi connectivity index (χ3v) is 0.204. The number of rotatable bonds is 1. The van der Waals surface area contributed by atoms with Gasteiger partial charge in [0, 0.05) is 0 Å². The second-order valence-corrected chi connectivity index (χ2v) is 0.557. The molecule has 0 fully saturated rings. The largest absolute Gasteiger partial charge is 0.465 e. The van der Waals surface area contributed by atoms with Gasteiger partial charge in [-0.25, -0.2) is 20.4 Å². The third-order valence-electron chi connectivity index (χ3n) is 0.204. The lowest BCUT2D eigenvalue weighted by atomic mass is 11.3. The summed E-state index contributed by atoms with van der Waals surface area (Å²) in [5, 5.41) is 17.6. The van der Waals surface area contributed by atoms with E-state index in [1.807, 2.05) is 0 Å².